The van der Waals surface area contributed by atoms with Gasteiger partial charge in [-0.2, -0.15) is 0 Å². The molecule has 1 aliphatic rings. The molecule has 1 aromatic rings. The third-order valence-electron chi connectivity index (χ3n) is 3.43. The number of morpholine rings is 1. The molecule has 0 saturated carbocycles. The highest BCUT2D eigenvalue weighted by Gasteiger charge is 2.22. The van der Waals surface area contributed by atoms with Crippen molar-refractivity contribution in [3.8, 4) is 5.75 Å². The Kier molecular flexibility index (Phi) is 5.59. The van der Waals surface area contributed by atoms with Gasteiger partial charge in [0.15, 0.2) is 0 Å². The van der Waals surface area contributed by atoms with Crippen molar-refractivity contribution >= 4 is 5.97 Å². The standard InChI is InChI=1S/C16H23NO4/c1-12-6-13(2)8-14(7-12)21-11-15-9-17(4-5-20-15)10-16(18)19-3/h6-8,15H,4-5,9-11H2,1-3H3. The molecule has 1 unspecified atom stereocenters. The Morgan fingerprint density at radius 3 is 2.71 bits per heavy atom. The third kappa shape index (κ3) is 5.02. The second-order valence-corrected chi connectivity index (χ2v) is 5.44. The molecule has 0 aliphatic carbocycles. The molecule has 1 heterocycles. The van der Waals surface area contributed by atoms with Crippen LogP contribution in [0.5, 0.6) is 5.75 Å². The van der Waals surface area contributed by atoms with Crippen molar-refractivity contribution in [3.05, 3.63) is 29.3 Å². The van der Waals surface area contributed by atoms with Crippen molar-refractivity contribution < 1.29 is 19.0 Å². The highest BCUT2D eigenvalue weighted by Crippen LogP contribution is 2.17. The lowest BCUT2D eigenvalue weighted by Crippen LogP contribution is -2.46. The molecule has 1 atom stereocenters. The van der Waals surface area contributed by atoms with Crippen molar-refractivity contribution in [3.63, 3.8) is 0 Å². The van der Waals surface area contributed by atoms with Gasteiger partial charge in [0, 0.05) is 13.1 Å². The molecule has 0 aromatic heterocycles. The Morgan fingerprint density at radius 2 is 2.05 bits per heavy atom. The summed E-state index contributed by atoms with van der Waals surface area (Å²) in [4.78, 5) is 13.3. The minimum Gasteiger partial charge on any atom is -0.491 e. The summed E-state index contributed by atoms with van der Waals surface area (Å²) in [6.07, 6.45) is -0.0239. The van der Waals surface area contributed by atoms with Gasteiger partial charge >= 0.3 is 5.97 Å². The van der Waals surface area contributed by atoms with Gasteiger partial charge in [0.05, 0.1) is 20.3 Å². The van der Waals surface area contributed by atoms with Gasteiger partial charge in [0.1, 0.15) is 18.5 Å². The van der Waals surface area contributed by atoms with E-state index in [0.29, 0.717) is 26.3 Å². The summed E-state index contributed by atoms with van der Waals surface area (Å²) in [5, 5.41) is 0. The predicted molar refractivity (Wildman–Crippen MR) is 79.6 cm³/mol. The number of hydrogen-bond donors (Lipinski definition) is 0. The summed E-state index contributed by atoms with van der Waals surface area (Å²) in [5.74, 6) is 0.645. The lowest BCUT2D eigenvalue weighted by molar-refractivity contribution is -0.144. The van der Waals surface area contributed by atoms with Gasteiger partial charge in [-0.05, 0) is 37.1 Å². The first-order valence-electron chi connectivity index (χ1n) is 7.18. The highest BCUT2D eigenvalue weighted by atomic mass is 16.5. The Labute approximate surface area is 125 Å². The first-order chi connectivity index (χ1) is 10.1. The minimum atomic E-state index is -0.217. The molecule has 1 fully saturated rings. The first-order valence-corrected chi connectivity index (χ1v) is 7.18. The molecule has 1 aromatic carbocycles. The lowest BCUT2D eigenvalue weighted by Gasteiger charge is -2.31. The second kappa shape index (κ2) is 7.43. The van der Waals surface area contributed by atoms with E-state index < -0.39 is 0 Å². The molecular weight excluding hydrogens is 270 g/mol. The molecule has 0 amide bonds. The molecule has 5 heteroatoms. The fraction of sp³-hybridized carbons (Fsp3) is 0.562. The fourth-order valence-electron chi connectivity index (χ4n) is 2.48. The van der Waals surface area contributed by atoms with Gasteiger partial charge in [0.25, 0.3) is 0 Å². The van der Waals surface area contributed by atoms with E-state index in [4.69, 9.17) is 14.2 Å². The molecule has 116 valence electrons. The molecule has 0 bridgehead atoms. The molecule has 1 aliphatic heterocycles. The fourth-order valence-corrected chi connectivity index (χ4v) is 2.48. The van der Waals surface area contributed by atoms with Crippen LogP contribution in [0.2, 0.25) is 0 Å². The average Bonchev–Trinajstić information content (AvgIpc) is 2.44. The topological polar surface area (TPSA) is 48.0 Å². The van der Waals surface area contributed by atoms with Gasteiger partial charge < -0.3 is 14.2 Å². The highest BCUT2D eigenvalue weighted by molar-refractivity contribution is 5.71. The van der Waals surface area contributed by atoms with Crippen LogP contribution in [0.1, 0.15) is 11.1 Å². The maximum Gasteiger partial charge on any atom is 0.319 e. The monoisotopic (exact) mass is 293 g/mol. The first kappa shape index (κ1) is 15.8. The lowest BCUT2D eigenvalue weighted by atomic mass is 10.1. The van der Waals surface area contributed by atoms with Crippen LogP contribution >= 0.6 is 0 Å². The predicted octanol–water partition coefficient (Wildman–Crippen LogP) is 1.56. The number of hydrogen-bond acceptors (Lipinski definition) is 5. The molecular formula is C16H23NO4. The van der Waals surface area contributed by atoms with E-state index in [0.717, 1.165) is 12.3 Å². The number of carbonyl (C=O) groups excluding carboxylic acids is 1. The molecule has 0 radical (unpaired) electrons. The normalized spacial score (nSPS) is 19.3. The maximum absolute atomic E-state index is 11.3. The molecule has 0 spiro atoms. The summed E-state index contributed by atoms with van der Waals surface area (Å²) < 4.78 is 16.2. The van der Waals surface area contributed by atoms with Crippen molar-refractivity contribution in [2.75, 3.05) is 40.0 Å². The van der Waals surface area contributed by atoms with Crippen LogP contribution < -0.4 is 4.74 Å². The largest absolute Gasteiger partial charge is 0.491 e. The quantitative estimate of drug-likeness (QED) is 0.771. The summed E-state index contributed by atoms with van der Waals surface area (Å²) in [5.41, 5.74) is 2.36. The van der Waals surface area contributed by atoms with Crippen molar-refractivity contribution in [2.45, 2.75) is 20.0 Å². The Hall–Kier alpha value is -1.59. The van der Waals surface area contributed by atoms with Crippen LogP contribution in [-0.2, 0) is 14.3 Å². The summed E-state index contributed by atoms with van der Waals surface area (Å²) in [6.45, 7) is 6.93. The van der Waals surface area contributed by atoms with Gasteiger partial charge in [-0.25, -0.2) is 0 Å². The van der Waals surface area contributed by atoms with Crippen molar-refractivity contribution in [2.24, 2.45) is 0 Å². The van der Waals surface area contributed by atoms with E-state index in [1.54, 1.807) is 0 Å². The van der Waals surface area contributed by atoms with Crippen molar-refractivity contribution in [1.82, 2.24) is 4.90 Å². The summed E-state index contributed by atoms with van der Waals surface area (Å²) in [7, 11) is 1.41. The van der Waals surface area contributed by atoms with E-state index in [1.165, 1.54) is 18.2 Å². The third-order valence-corrected chi connectivity index (χ3v) is 3.43. The number of carbonyl (C=O) groups is 1. The van der Waals surface area contributed by atoms with E-state index >= 15 is 0 Å². The SMILES string of the molecule is COC(=O)CN1CCOC(COc2cc(C)cc(C)c2)C1. The van der Waals surface area contributed by atoms with Crippen LogP contribution in [0.3, 0.4) is 0 Å². The van der Waals surface area contributed by atoms with Crippen LogP contribution in [0.25, 0.3) is 0 Å². The summed E-state index contributed by atoms with van der Waals surface area (Å²) in [6, 6.07) is 6.14. The van der Waals surface area contributed by atoms with Gasteiger partial charge in [-0.15, -0.1) is 0 Å². The van der Waals surface area contributed by atoms with Gasteiger partial charge in [-0.3, -0.25) is 9.69 Å². The smallest absolute Gasteiger partial charge is 0.319 e. The van der Waals surface area contributed by atoms with Crippen LogP contribution in [0.15, 0.2) is 18.2 Å². The number of nitrogens with zero attached hydrogens (tertiary/aromatic N) is 1. The summed E-state index contributed by atoms with van der Waals surface area (Å²) >= 11 is 0. The van der Waals surface area contributed by atoms with Crippen LogP contribution in [-0.4, -0.2) is 56.9 Å². The molecule has 5 nitrogen and oxygen atoms in total. The molecule has 0 N–H and O–H groups in total. The molecule has 2 rings (SSSR count). The van der Waals surface area contributed by atoms with Crippen LogP contribution in [0, 0.1) is 13.8 Å². The van der Waals surface area contributed by atoms with E-state index in [2.05, 4.69) is 19.9 Å². The molecule has 1 saturated heterocycles. The number of aryl methyl sites for hydroxylation is 2. The van der Waals surface area contributed by atoms with Crippen LogP contribution in [0.4, 0.5) is 0 Å². The zero-order valence-corrected chi connectivity index (χ0v) is 12.9. The number of ether oxygens (including phenoxy) is 3. The van der Waals surface area contributed by atoms with Gasteiger partial charge in [-0.1, -0.05) is 6.07 Å². The Balaban J connectivity index is 1.83. The zero-order chi connectivity index (χ0) is 15.2. The van der Waals surface area contributed by atoms with Gasteiger partial charge in [0.2, 0.25) is 0 Å². The number of rotatable bonds is 5. The number of benzene rings is 1. The molecule has 21 heavy (non-hydrogen) atoms. The Bertz CT molecular complexity index is 469. The zero-order valence-electron chi connectivity index (χ0n) is 12.9. The van der Waals surface area contributed by atoms with E-state index in [9.17, 15) is 4.79 Å². The minimum absolute atomic E-state index is 0.0239. The second-order valence-electron chi connectivity index (χ2n) is 5.44. The average molecular weight is 293 g/mol. The van der Waals surface area contributed by atoms with E-state index in [-0.39, 0.29) is 12.1 Å². The number of esters is 1. The maximum atomic E-state index is 11.3. The number of methoxy groups -OCH3 is 1. The Morgan fingerprint density at radius 1 is 1.33 bits per heavy atom. The van der Waals surface area contributed by atoms with E-state index in [1.807, 2.05) is 17.0 Å². The van der Waals surface area contributed by atoms with Crippen molar-refractivity contribution in [1.29, 1.82) is 0 Å².